The molecule has 0 spiro atoms. The lowest BCUT2D eigenvalue weighted by Crippen LogP contribution is -2.46. The molecule has 0 aromatic carbocycles. The van der Waals surface area contributed by atoms with E-state index < -0.39 is 8.32 Å². The zero-order valence-corrected chi connectivity index (χ0v) is 15.5. The largest absolute Gasteiger partial charge is 0.469 e. The Morgan fingerprint density at radius 3 is 2.21 bits per heavy atom. The number of rotatable bonds is 7. The molecular weight excluding hydrogens is 276 g/mol. The molecule has 0 aliphatic heterocycles. The topological polar surface area (TPSA) is 35.5 Å². The second-order valence-electron chi connectivity index (χ2n) is 6.37. The Balaban J connectivity index is 4.81. The van der Waals surface area contributed by atoms with Crippen LogP contribution >= 0.6 is 11.8 Å². The van der Waals surface area contributed by atoms with Crippen molar-refractivity contribution in [2.24, 2.45) is 5.92 Å². The zero-order chi connectivity index (χ0) is 15.3. The third-order valence-electron chi connectivity index (χ3n) is 3.86. The fourth-order valence-electron chi connectivity index (χ4n) is 1.52. The van der Waals surface area contributed by atoms with Gasteiger partial charge in [-0.15, -0.1) is 0 Å². The Morgan fingerprint density at radius 1 is 1.32 bits per heavy atom. The Bertz CT molecular complexity index is 287. The molecule has 19 heavy (non-hydrogen) atoms. The quantitative estimate of drug-likeness (QED) is 0.527. The highest BCUT2D eigenvalue weighted by atomic mass is 32.2. The maximum absolute atomic E-state index is 11.9. The monoisotopic (exact) mass is 306 g/mol. The molecule has 0 rings (SSSR count). The summed E-state index contributed by atoms with van der Waals surface area (Å²) >= 11 is 1.76. The van der Waals surface area contributed by atoms with Crippen LogP contribution in [0.4, 0.5) is 0 Å². The summed E-state index contributed by atoms with van der Waals surface area (Å²) in [5.41, 5.74) is 0. The number of esters is 1. The van der Waals surface area contributed by atoms with E-state index in [9.17, 15) is 4.79 Å². The van der Waals surface area contributed by atoms with Gasteiger partial charge in [-0.25, -0.2) is 0 Å². The Kier molecular flexibility index (Phi) is 7.69. The molecule has 0 aliphatic rings. The van der Waals surface area contributed by atoms with Crippen LogP contribution in [0, 0.1) is 5.92 Å². The molecule has 0 radical (unpaired) electrons. The standard InChI is InChI=1S/C14H30O3SSi/c1-9-18-10-12(13(15)16-6)11(2)17-19(7,8)14(3,4)5/h11-12H,9-10H2,1-8H3/t11-,12-/m1/s1. The molecular formula is C14H30O3SSi. The van der Waals surface area contributed by atoms with E-state index in [2.05, 4.69) is 40.8 Å². The first kappa shape index (κ1) is 19.0. The van der Waals surface area contributed by atoms with Crippen molar-refractivity contribution in [3.05, 3.63) is 0 Å². The van der Waals surface area contributed by atoms with Crippen LogP contribution in [0.3, 0.4) is 0 Å². The van der Waals surface area contributed by atoms with Gasteiger partial charge >= 0.3 is 5.97 Å². The molecule has 2 atom stereocenters. The molecule has 114 valence electrons. The van der Waals surface area contributed by atoms with Crippen molar-refractivity contribution in [3.63, 3.8) is 0 Å². The highest BCUT2D eigenvalue weighted by Crippen LogP contribution is 2.38. The van der Waals surface area contributed by atoms with Crippen molar-refractivity contribution in [3.8, 4) is 0 Å². The molecule has 0 fully saturated rings. The summed E-state index contributed by atoms with van der Waals surface area (Å²) < 4.78 is 11.2. The minimum atomic E-state index is -1.85. The molecule has 0 unspecified atom stereocenters. The molecule has 0 aromatic heterocycles. The van der Waals surface area contributed by atoms with Gasteiger partial charge in [-0.1, -0.05) is 27.7 Å². The summed E-state index contributed by atoms with van der Waals surface area (Å²) in [6.07, 6.45) is -0.0904. The van der Waals surface area contributed by atoms with Crippen molar-refractivity contribution in [2.45, 2.75) is 58.9 Å². The van der Waals surface area contributed by atoms with E-state index in [4.69, 9.17) is 9.16 Å². The van der Waals surface area contributed by atoms with Crippen LogP contribution < -0.4 is 0 Å². The lowest BCUT2D eigenvalue weighted by atomic mass is 10.1. The zero-order valence-electron chi connectivity index (χ0n) is 13.7. The molecule has 0 bridgehead atoms. The van der Waals surface area contributed by atoms with Gasteiger partial charge < -0.3 is 9.16 Å². The summed E-state index contributed by atoms with van der Waals surface area (Å²) in [6, 6.07) is 0. The van der Waals surface area contributed by atoms with Crippen molar-refractivity contribution in [1.82, 2.24) is 0 Å². The number of hydrogen-bond donors (Lipinski definition) is 0. The second-order valence-corrected chi connectivity index (χ2v) is 12.4. The highest BCUT2D eigenvalue weighted by molar-refractivity contribution is 7.99. The van der Waals surface area contributed by atoms with E-state index in [1.165, 1.54) is 7.11 Å². The summed E-state index contributed by atoms with van der Waals surface area (Å²) in [6.45, 7) is 15.1. The van der Waals surface area contributed by atoms with Crippen LogP contribution in [0.5, 0.6) is 0 Å². The lowest BCUT2D eigenvalue weighted by molar-refractivity contribution is -0.147. The third-order valence-corrected chi connectivity index (χ3v) is 9.44. The first-order chi connectivity index (χ1) is 8.56. The fraction of sp³-hybridized carbons (Fsp3) is 0.929. The molecule has 0 amide bonds. The van der Waals surface area contributed by atoms with E-state index in [1.807, 2.05) is 6.92 Å². The van der Waals surface area contributed by atoms with Crippen molar-refractivity contribution in [1.29, 1.82) is 0 Å². The summed E-state index contributed by atoms with van der Waals surface area (Å²) in [7, 11) is -0.396. The Morgan fingerprint density at radius 2 is 1.84 bits per heavy atom. The van der Waals surface area contributed by atoms with Crippen molar-refractivity contribution >= 4 is 26.0 Å². The van der Waals surface area contributed by atoms with Crippen LogP contribution in [-0.2, 0) is 14.0 Å². The summed E-state index contributed by atoms with van der Waals surface area (Å²) in [4.78, 5) is 11.9. The van der Waals surface area contributed by atoms with Crippen LogP contribution in [0.2, 0.25) is 18.1 Å². The molecule has 0 aromatic rings. The van der Waals surface area contributed by atoms with E-state index in [0.717, 1.165) is 11.5 Å². The average Bonchev–Trinajstić information content (AvgIpc) is 2.26. The van der Waals surface area contributed by atoms with Crippen LogP contribution in [-0.4, -0.2) is 39.0 Å². The predicted molar refractivity (Wildman–Crippen MR) is 86.2 cm³/mol. The van der Waals surface area contributed by atoms with Crippen LogP contribution in [0.15, 0.2) is 0 Å². The van der Waals surface area contributed by atoms with Gasteiger partial charge in [0.15, 0.2) is 8.32 Å². The normalized spacial score (nSPS) is 16.0. The second kappa shape index (κ2) is 7.69. The number of ether oxygens (including phenoxy) is 1. The fourth-order valence-corrected chi connectivity index (χ4v) is 3.86. The van der Waals surface area contributed by atoms with Crippen molar-refractivity contribution < 1.29 is 14.0 Å². The molecule has 0 saturated heterocycles. The Labute approximate surface area is 123 Å². The number of carbonyl (C=O) groups excluding carboxylic acids is 1. The number of methoxy groups -OCH3 is 1. The summed E-state index contributed by atoms with van der Waals surface area (Å²) in [5, 5.41) is 0.153. The average molecular weight is 307 g/mol. The highest BCUT2D eigenvalue weighted by Gasteiger charge is 2.40. The van der Waals surface area contributed by atoms with Gasteiger partial charge in [0.2, 0.25) is 0 Å². The number of thioether (sulfide) groups is 1. The van der Waals surface area contributed by atoms with Gasteiger partial charge in [0.1, 0.15) is 0 Å². The van der Waals surface area contributed by atoms with Gasteiger partial charge in [-0.3, -0.25) is 4.79 Å². The van der Waals surface area contributed by atoms with E-state index in [0.29, 0.717) is 0 Å². The number of hydrogen-bond acceptors (Lipinski definition) is 4. The maximum atomic E-state index is 11.9. The third kappa shape index (κ3) is 5.88. The first-order valence-electron chi connectivity index (χ1n) is 6.90. The predicted octanol–water partition coefficient (Wildman–Crippen LogP) is 3.94. The minimum absolute atomic E-state index is 0.0904. The Hall–Kier alpha value is -0.00312. The molecule has 0 heterocycles. The van der Waals surface area contributed by atoms with E-state index >= 15 is 0 Å². The van der Waals surface area contributed by atoms with Gasteiger partial charge in [-0.05, 0) is 30.8 Å². The summed E-state index contributed by atoms with van der Waals surface area (Å²) in [5.74, 6) is 1.43. The SMILES string of the molecule is CCSC[C@@H](C(=O)OC)[C@@H](C)O[Si](C)(C)C(C)(C)C. The first-order valence-corrected chi connectivity index (χ1v) is 11.0. The smallest absolute Gasteiger partial charge is 0.312 e. The van der Waals surface area contributed by atoms with Gasteiger partial charge in [0, 0.05) is 5.75 Å². The minimum Gasteiger partial charge on any atom is -0.469 e. The molecule has 3 nitrogen and oxygen atoms in total. The van der Waals surface area contributed by atoms with Crippen molar-refractivity contribution in [2.75, 3.05) is 18.6 Å². The lowest BCUT2D eigenvalue weighted by Gasteiger charge is -2.39. The van der Waals surface area contributed by atoms with E-state index in [1.54, 1.807) is 11.8 Å². The van der Waals surface area contributed by atoms with E-state index in [-0.39, 0.29) is 23.0 Å². The molecule has 5 heteroatoms. The van der Waals surface area contributed by atoms with Crippen LogP contribution in [0.25, 0.3) is 0 Å². The molecule has 0 aliphatic carbocycles. The van der Waals surface area contributed by atoms with Gasteiger partial charge in [0.05, 0.1) is 19.1 Å². The van der Waals surface area contributed by atoms with Gasteiger partial charge in [-0.2, -0.15) is 11.8 Å². The maximum Gasteiger partial charge on any atom is 0.312 e. The number of carbonyl (C=O) groups is 1. The van der Waals surface area contributed by atoms with Gasteiger partial charge in [0.25, 0.3) is 0 Å². The molecule has 0 saturated carbocycles. The molecule has 0 N–H and O–H groups in total. The van der Waals surface area contributed by atoms with Crippen LogP contribution in [0.1, 0.15) is 34.6 Å².